The fourth-order valence-corrected chi connectivity index (χ4v) is 2.88. The number of rotatable bonds is 4. The van der Waals surface area contributed by atoms with Crippen molar-refractivity contribution in [1.29, 1.82) is 0 Å². The zero-order valence-electron chi connectivity index (χ0n) is 11.7. The summed E-state index contributed by atoms with van der Waals surface area (Å²) in [6, 6.07) is 0.609. The molecule has 0 aromatic heterocycles. The monoisotopic (exact) mass is 254 g/mol. The van der Waals surface area contributed by atoms with E-state index in [1.807, 2.05) is 0 Å². The van der Waals surface area contributed by atoms with Crippen molar-refractivity contribution in [2.75, 3.05) is 39.3 Å². The Labute approximate surface area is 110 Å². The van der Waals surface area contributed by atoms with Crippen LogP contribution in [0.4, 0.5) is 0 Å². The number of aldehydes is 1. The first-order valence-electron chi connectivity index (χ1n) is 7.22. The van der Waals surface area contributed by atoms with Gasteiger partial charge in [-0.25, -0.2) is 0 Å². The maximum Gasteiger partial charge on any atom is 0.123 e. The van der Waals surface area contributed by atoms with Crippen LogP contribution in [-0.4, -0.2) is 67.6 Å². The maximum absolute atomic E-state index is 10.7. The lowest BCUT2D eigenvalue weighted by Crippen LogP contribution is -2.50. The van der Waals surface area contributed by atoms with Crippen molar-refractivity contribution in [3.63, 3.8) is 0 Å². The van der Waals surface area contributed by atoms with E-state index in [2.05, 4.69) is 23.6 Å². The van der Waals surface area contributed by atoms with Crippen LogP contribution in [0.15, 0.2) is 0 Å². The number of likely N-dealkylation sites (tertiary alicyclic amines) is 1. The minimum Gasteiger partial charge on any atom is -0.374 e. The second-order valence-corrected chi connectivity index (χ2v) is 5.86. The van der Waals surface area contributed by atoms with E-state index in [9.17, 15) is 4.79 Å². The largest absolute Gasteiger partial charge is 0.374 e. The molecule has 0 N–H and O–H groups in total. The standard InChI is InChI=1S/C14H26N2O2/c1-12(2)16-7-8-18-14(10-16)9-15-5-3-13(11-17)4-6-15/h11-14H,3-10H2,1-2H3. The Morgan fingerprint density at radius 3 is 2.61 bits per heavy atom. The Kier molecular flexibility index (Phi) is 5.15. The van der Waals surface area contributed by atoms with E-state index in [-0.39, 0.29) is 0 Å². The molecule has 4 heteroatoms. The van der Waals surface area contributed by atoms with Crippen molar-refractivity contribution in [2.24, 2.45) is 5.92 Å². The van der Waals surface area contributed by atoms with Crippen molar-refractivity contribution in [2.45, 2.75) is 38.8 Å². The molecule has 2 aliphatic rings. The Morgan fingerprint density at radius 1 is 1.28 bits per heavy atom. The lowest BCUT2D eigenvalue weighted by atomic mass is 9.98. The SMILES string of the molecule is CC(C)N1CCOC(CN2CCC(C=O)CC2)C1. The average molecular weight is 254 g/mol. The highest BCUT2D eigenvalue weighted by Crippen LogP contribution is 2.17. The normalized spacial score (nSPS) is 28.7. The molecule has 0 spiro atoms. The first kappa shape index (κ1) is 14.0. The minimum absolute atomic E-state index is 0.292. The van der Waals surface area contributed by atoms with Crippen LogP contribution < -0.4 is 0 Å². The molecule has 2 rings (SSSR count). The molecule has 1 unspecified atom stereocenters. The predicted molar refractivity (Wildman–Crippen MR) is 71.7 cm³/mol. The van der Waals surface area contributed by atoms with Gasteiger partial charge in [0.1, 0.15) is 6.29 Å². The summed E-state index contributed by atoms with van der Waals surface area (Å²) in [5, 5.41) is 0. The van der Waals surface area contributed by atoms with Gasteiger partial charge in [-0.15, -0.1) is 0 Å². The summed E-state index contributed by atoms with van der Waals surface area (Å²) < 4.78 is 5.86. The van der Waals surface area contributed by atoms with Crippen LogP contribution in [0, 0.1) is 5.92 Å². The third-order valence-corrected chi connectivity index (χ3v) is 4.19. The van der Waals surface area contributed by atoms with E-state index in [0.29, 0.717) is 18.1 Å². The molecule has 104 valence electrons. The highest BCUT2D eigenvalue weighted by molar-refractivity contribution is 5.53. The highest BCUT2D eigenvalue weighted by atomic mass is 16.5. The van der Waals surface area contributed by atoms with Crippen molar-refractivity contribution in [1.82, 2.24) is 9.80 Å². The molecule has 0 aromatic carbocycles. The summed E-state index contributed by atoms with van der Waals surface area (Å²) in [5.74, 6) is 0.292. The number of hydrogen-bond donors (Lipinski definition) is 0. The van der Waals surface area contributed by atoms with Crippen LogP contribution in [-0.2, 0) is 9.53 Å². The highest BCUT2D eigenvalue weighted by Gasteiger charge is 2.26. The second kappa shape index (κ2) is 6.64. The van der Waals surface area contributed by atoms with E-state index in [1.165, 1.54) is 0 Å². The lowest BCUT2D eigenvalue weighted by Gasteiger charge is -2.39. The van der Waals surface area contributed by atoms with Crippen LogP contribution in [0.3, 0.4) is 0 Å². The van der Waals surface area contributed by atoms with Gasteiger partial charge >= 0.3 is 0 Å². The zero-order chi connectivity index (χ0) is 13.0. The van der Waals surface area contributed by atoms with Crippen molar-refractivity contribution < 1.29 is 9.53 Å². The zero-order valence-corrected chi connectivity index (χ0v) is 11.7. The van der Waals surface area contributed by atoms with Gasteiger partial charge in [-0.3, -0.25) is 4.90 Å². The molecule has 1 atom stereocenters. The van der Waals surface area contributed by atoms with Crippen molar-refractivity contribution in [3.8, 4) is 0 Å². The summed E-state index contributed by atoms with van der Waals surface area (Å²) in [6.07, 6.45) is 3.50. The summed E-state index contributed by atoms with van der Waals surface area (Å²) >= 11 is 0. The van der Waals surface area contributed by atoms with Gasteiger partial charge in [0.05, 0.1) is 12.7 Å². The van der Waals surface area contributed by atoms with Gasteiger partial charge in [0.15, 0.2) is 0 Å². The Morgan fingerprint density at radius 2 is 2.00 bits per heavy atom. The number of hydrogen-bond acceptors (Lipinski definition) is 4. The molecule has 0 aliphatic carbocycles. The third kappa shape index (κ3) is 3.77. The quantitative estimate of drug-likeness (QED) is 0.701. The molecule has 2 heterocycles. The smallest absolute Gasteiger partial charge is 0.123 e. The molecule has 2 aliphatic heterocycles. The van der Waals surface area contributed by atoms with E-state index < -0.39 is 0 Å². The molecular formula is C14H26N2O2. The second-order valence-electron chi connectivity index (χ2n) is 5.86. The first-order chi connectivity index (χ1) is 8.69. The van der Waals surface area contributed by atoms with Crippen LogP contribution in [0.25, 0.3) is 0 Å². The van der Waals surface area contributed by atoms with Crippen LogP contribution >= 0.6 is 0 Å². The third-order valence-electron chi connectivity index (χ3n) is 4.19. The Bertz CT molecular complexity index is 263. The molecule has 0 bridgehead atoms. The van der Waals surface area contributed by atoms with Crippen LogP contribution in [0.1, 0.15) is 26.7 Å². The van der Waals surface area contributed by atoms with Gasteiger partial charge in [-0.2, -0.15) is 0 Å². The Balaban J connectivity index is 1.74. The number of piperidine rings is 1. The molecule has 2 fully saturated rings. The van der Waals surface area contributed by atoms with Gasteiger partial charge in [0.25, 0.3) is 0 Å². The van der Waals surface area contributed by atoms with Gasteiger partial charge in [0.2, 0.25) is 0 Å². The van der Waals surface area contributed by atoms with Gasteiger partial charge in [-0.1, -0.05) is 0 Å². The molecule has 0 radical (unpaired) electrons. The predicted octanol–water partition coefficient (Wildman–Crippen LogP) is 1.01. The lowest BCUT2D eigenvalue weighted by molar-refractivity contribution is -0.112. The maximum atomic E-state index is 10.7. The van der Waals surface area contributed by atoms with Crippen molar-refractivity contribution in [3.05, 3.63) is 0 Å². The molecule has 4 nitrogen and oxygen atoms in total. The molecular weight excluding hydrogens is 228 g/mol. The summed E-state index contributed by atoms with van der Waals surface area (Å²) in [5.41, 5.74) is 0. The van der Waals surface area contributed by atoms with E-state index >= 15 is 0 Å². The number of ether oxygens (including phenoxy) is 1. The minimum atomic E-state index is 0.292. The average Bonchev–Trinajstić information content (AvgIpc) is 2.40. The molecule has 18 heavy (non-hydrogen) atoms. The fraction of sp³-hybridized carbons (Fsp3) is 0.929. The molecule has 2 saturated heterocycles. The van der Waals surface area contributed by atoms with Gasteiger partial charge < -0.3 is 14.4 Å². The van der Waals surface area contributed by atoms with Crippen LogP contribution in [0.2, 0.25) is 0 Å². The van der Waals surface area contributed by atoms with Crippen molar-refractivity contribution >= 4 is 6.29 Å². The van der Waals surface area contributed by atoms with Crippen LogP contribution in [0.5, 0.6) is 0 Å². The van der Waals surface area contributed by atoms with Gasteiger partial charge in [0, 0.05) is 31.6 Å². The summed E-state index contributed by atoms with van der Waals surface area (Å²) in [6.45, 7) is 10.6. The number of morpholine rings is 1. The number of carbonyl (C=O) groups excluding carboxylic acids is 1. The number of carbonyl (C=O) groups is 1. The number of nitrogens with zero attached hydrogens (tertiary/aromatic N) is 2. The van der Waals surface area contributed by atoms with E-state index in [1.54, 1.807) is 0 Å². The first-order valence-corrected chi connectivity index (χ1v) is 7.22. The summed E-state index contributed by atoms with van der Waals surface area (Å²) in [4.78, 5) is 15.7. The fourth-order valence-electron chi connectivity index (χ4n) is 2.88. The topological polar surface area (TPSA) is 32.8 Å². The van der Waals surface area contributed by atoms with E-state index in [0.717, 1.165) is 58.5 Å². The molecule has 0 amide bonds. The Hall–Kier alpha value is -0.450. The summed E-state index contributed by atoms with van der Waals surface area (Å²) in [7, 11) is 0. The van der Waals surface area contributed by atoms with Gasteiger partial charge in [-0.05, 0) is 39.8 Å². The molecule has 0 aromatic rings. The van der Waals surface area contributed by atoms with E-state index in [4.69, 9.17) is 4.74 Å². The molecule has 0 saturated carbocycles.